The minimum absolute atomic E-state index is 0.491. The van der Waals surface area contributed by atoms with Crippen molar-refractivity contribution in [2.45, 2.75) is 52.1 Å². The van der Waals surface area contributed by atoms with E-state index in [9.17, 15) is 0 Å². The zero-order valence-corrected chi connectivity index (χ0v) is 16.1. The summed E-state index contributed by atoms with van der Waals surface area (Å²) in [5.41, 5.74) is 3.49. The highest BCUT2D eigenvalue weighted by Gasteiger charge is 2.47. The van der Waals surface area contributed by atoms with Crippen molar-refractivity contribution in [3.05, 3.63) is 42.0 Å². The van der Waals surface area contributed by atoms with Crippen molar-refractivity contribution in [1.29, 1.82) is 0 Å². The Morgan fingerprint density at radius 1 is 1.08 bits per heavy atom. The van der Waals surface area contributed by atoms with Crippen LogP contribution in [-0.4, -0.2) is 40.5 Å². The highest BCUT2D eigenvalue weighted by molar-refractivity contribution is 5.64. The van der Waals surface area contributed by atoms with Crippen molar-refractivity contribution in [3.63, 3.8) is 0 Å². The van der Waals surface area contributed by atoms with Crippen LogP contribution in [0, 0.1) is 5.92 Å². The highest BCUT2D eigenvalue weighted by Crippen LogP contribution is 2.38. The first-order valence-corrected chi connectivity index (χ1v) is 10.3. The lowest BCUT2D eigenvalue weighted by Crippen LogP contribution is -2.58. The number of hydrogen-bond donors (Lipinski definition) is 1. The first-order chi connectivity index (χ1) is 12.7. The molecule has 2 aliphatic rings. The summed E-state index contributed by atoms with van der Waals surface area (Å²) in [6, 6.07) is 12.7. The lowest BCUT2D eigenvalue weighted by Gasteiger charge is -2.44. The number of aryl methyl sites for hydroxylation is 1. The van der Waals surface area contributed by atoms with Gasteiger partial charge in [-0.05, 0) is 31.4 Å². The molecule has 138 valence electrons. The van der Waals surface area contributed by atoms with Gasteiger partial charge in [-0.1, -0.05) is 43.7 Å². The number of nitrogens with zero attached hydrogens (tertiary/aromatic N) is 3. The van der Waals surface area contributed by atoms with Crippen molar-refractivity contribution >= 4 is 5.82 Å². The normalized spacial score (nSPS) is 27.5. The zero-order chi connectivity index (χ0) is 18.0. The lowest BCUT2D eigenvalue weighted by atomic mass is 9.97. The largest absolute Gasteiger partial charge is 0.319 e. The van der Waals surface area contributed by atoms with Crippen molar-refractivity contribution in [1.82, 2.24) is 10.2 Å². The lowest BCUT2D eigenvalue weighted by molar-refractivity contribution is -0.940. The second-order valence-corrected chi connectivity index (χ2v) is 8.05. The molecule has 26 heavy (non-hydrogen) atoms. The van der Waals surface area contributed by atoms with Crippen molar-refractivity contribution < 1.29 is 4.48 Å². The maximum atomic E-state index is 4.62. The molecule has 4 nitrogen and oxygen atoms in total. The monoisotopic (exact) mass is 351 g/mol. The quantitative estimate of drug-likeness (QED) is 0.780. The SMILES string of the molecule is CCCc1cc(NC2CCC3CC[N+]2(CC)C3)nnc1-c1ccccc1. The molecular weight excluding hydrogens is 320 g/mol. The number of fused-ring (bicyclic) bond motifs is 2. The van der Waals surface area contributed by atoms with Crippen LogP contribution in [0.1, 0.15) is 45.1 Å². The van der Waals surface area contributed by atoms with E-state index < -0.39 is 0 Å². The fourth-order valence-electron chi connectivity index (χ4n) is 5.01. The topological polar surface area (TPSA) is 37.8 Å². The Labute approximate surface area is 157 Å². The van der Waals surface area contributed by atoms with Gasteiger partial charge in [0.05, 0.1) is 25.3 Å². The van der Waals surface area contributed by atoms with E-state index in [0.29, 0.717) is 6.17 Å². The molecule has 0 spiro atoms. The fraction of sp³-hybridized carbons (Fsp3) is 0.545. The summed E-state index contributed by atoms with van der Waals surface area (Å²) >= 11 is 0. The Kier molecular flexibility index (Phi) is 4.94. The molecular formula is C22H31N4+. The number of piperidine rings is 1. The van der Waals surface area contributed by atoms with Crippen LogP contribution in [0.25, 0.3) is 11.3 Å². The molecule has 0 radical (unpaired) electrons. The number of anilines is 1. The number of quaternary nitrogens is 1. The molecule has 2 saturated heterocycles. The molecule has 4 rings (SSSR count). The number of benzene rings is 1. The van der Waals surface area contributed by atoms with Crippen LogP contribution in [0.4, 0.5) is 5.82 Å². The number of hydrogen-bond acceptors (Lipinski definition) is 3. The molecule has 1 aromatic carbocycles. The van der Waals surface area contributed by atoms with Crippen LogP contribution in [-0.2, 0) is 6.42 Å². The first-order valence-electron chi connectivity index (χ1n) is 10.3. The molecule has 1 aromatic heterocycles. The van der Waals surface area contributed by atoms with Gasteiger partial charge in [-0.2, -0.15) is 0 Å². The van der Waals surface area contributed by atoms with Crippen molar-refractivity contribution in [2.75, 3.05) is 25.0 Å². The smallest absolute Gasteiger partial charge is 0.163 e. The van der Waals surface area contributed by atoms with Gasteiger partial charge in [0, 0.05) is 24.3 Å². The van der Waals surface area contributed by atoms with E-state index in [1.165, 1.54) is 48.9 Å². The zero-order valence-electron chi connectivity index (χ0n) is 16.1. The van der Waals surface area contributed by atoms with Gasteiger partial charge in [0.25, 0.3) is 0 Å². The minimum Gasteiger partial charge on any atom is -0.319 e. The molecule has 1 N–H and O–H groups in total. The number of rotatable bonds is 6. The van der Waals surface area contributed by atoms with Crippen molar-refractivity contribution in [3.8, 4) is 11.3 Å². The first kappa shape index (κ1) is 17.5. The van der Waals surface area contributed by atoms with E-state index in [0.717, 1.165) is 35.8 Å². The molecule has 0 saturated carbocycles. The third-order valence-electron chi connectivity index (χ3n) is 6.50. The van der Waals surface area contributed by atoms with Gasteiger partial charge in [-0.25, -0.2) is 0 Å². The standard InChI is InChI=1S/C22H31N4/c1-3-8-19-15-20(24-25-22(19)18-9-6-5-7-10-18)23-21-12-11-17-13-14-26(21,4-2)16-17/h5-7,9-10,15,17,21H,3-4,8,11-14,16H2,1-2H3,(H,23,24)/q+1. The van der Waals surface area contributed by atoms with Gasteiger partial charge in [0.15, 0.2) is 12.0 Å². The molecule has 3 heterocycles. The third kappa shape index (κ3) is 3.23. The number of nitrogens with one attached hydrogen (secondary N) is 1. The third-order valence-corrected chi connectivity index (χ3v) is 6.50. The maximum Gasteiger partial charge on any atom is 0.163 e. The van der Waals surface area contributed by atoms with E-state index in [2.05, 4.69) is 59.7 Å². The van der Waals surface area contributed by atoms with Gasteiger partial charge in [0.2, 0.25) is 0 Å². The van der Waals surface area contributed by atoms with E-state index in [1.54, 1.807) is 0 Å². The highest BCUT2D eigenvalue weighted by atomic mass is 15.5. The van der Waals surface area contributed by atoms with Crippen LogP contribution in [0.2, 0.25) is 0 Å². The van der Waals surface area contributed by atoms with Gasteiger partial charge < -0.3 is 9.80 Å². The summed E-state index contributed by atoms with van der Waals surface area (Å²) < 4.78 is 1.22. The molecule has 2 aliphatic heterocycles. The molecule has 2 aromatic rings. The Hall–Kier alpha value is -1.94. The van der Waals surface area contributed by atoms with E-state index in [-0.39, 0.29) is 0 Å². The molecule has 4 heteroatoms. The van der Waals surface area contributed by atoms with Gasteiger partial charge >= 0.3 is 0 Å². The van der Waals surface area contributed by atoms with E-state index >= 15 is 0 Å². The predicted octanol–water partition coefficient (Wildman–Crippen LogP) is 4.48. The Balaban J connectivity index is 1.60. The summed E-state index contributed by atoms with van der Waals surface area (Å²) in [6.45, 7) is 8.44. The molecule has 3 unspecified atom stereocenters. The molecule has 0 amide bonds. The Bertz CT molecular complexity index is 745. The maximum absolute atomic E-state index is 4.62. The van der Waals surface area contributed by atoms with Crippen LogP contribution in [0.3, 0.4) is 0 Å². The van der Waals surface area contributed by atoms with Crippen molar-refractivity contribution in [2.24, 2.45) is 5.92 Å². The van der Waals surface area contributed by atoms with Gasteiger partial charge in [0.1, 0.15) is 0 Å². The van der Waals surface area contributed by atoms with Crippen LogP contribution < -0.4 is 5.32 Å². The Morgan fingerprint density at radius 2 is 1.92 bits per heavy atom. The predicted molar refractivity (Wildman–Crippen MR) is 107 cm³/mol. The molecule has 2 bridgehead atoms. The van der Waals surface area contributed by atoms with E-state index in [4.69, 9.17) is 0 Å². The summed E-state index contributed by atoms with van der Waals surface area (Å²) in [7, 11) is 0. The van der Waals surface area contributed by atoms with E-state index in [1.807, 2.05) is 6.07 Å². The number of aromatic nitrogens is 2. The average molecular weight is 352 g/mol. The summed E-state index contributed by atoms with van der Waals surface area (Å²) in [5, 5.41) is 13.0. The summed E-state index contributed by atoms with van der Waals surface area (Å²) in [4.78, 5) is 0. The summed E-state index contributed by atoms with van der Waals surface area (Å²) in [5.74, 6) is 1.89. The second kappa shape index (κ2) is 7.36. The van der Waals surface area contributed by atoms with Crippen LogP contribution in [0.15, 0.2) is 36.4 Å². The molecule has 0 aliphatic carbocycles. The minimum atomic E-state index is 0.491. The van der Waals surface area contributed by atoms with Gasteiger partial charge in [-0.15, -0.1) is 10.2 Å². The molecule has 3 atom stereocenters. The fourth-order valence-corrected chi connectivity index (χ4v) is 5.01. The summed E-state index contributed by atoms with van der Waals surface area (Å²) in [6.07, 6.45) is 6.65. The van der Waals surface area contributed by atoms with Crippen LogP contribution >= 0.6 is 0 Å². The second-order valence-electron chi connectivity index (χ2n) is 8.05. The average Bonchev–Trinajstić information content (AvgIpc) is 3.04. The molecule has 2 fully saturated rings. The Morgan fingerprint density at radius 3 is 2.69 bits per heavy atom. The van der Waals surface area contributed by atoms with Crippen LogP contribution in [0.5, 0.6) is 0 Å². The van der Waals surface area contributed by atoms with Gasteiger partial charge in [-0.3, -0.25) is 0 Å².